The van der Waals surface area contributed by atoms with Crippen molar-refractivity contribution in [3.05, 3.63) is 65.1 Å². The van der Waals surface area contributed by atoms with Crippen LogP contribution in [0.1, 0.15) is 11.1 Å². The van der Waals surface area contributed by atoms with Gasteiger partial charge < -0.3 is 14.8 Å². The van der Waals surface area contributed by atoms with Gasteiger partial charge in [0, 0.05) is 11.1 Å². The Labute approximate surface area is 138 Å². The molecule has 2 aromatic carbocycles. The van der Waals surface area contributed by atoms with E-state index in [9.17, 15) is 9.18 Å². The number of aliphatic imine (C=N–C) groups is 1. The van der Waals surface area contributed by atoms with Gasteiger partial charge in [-0.15, -0.1) is 0 Å². The number of methoxy groups -OCH3 is 2. The highest BCUT2D eigenvalue weighted by Gasteiger charge is 2.22. The Hall–Kier alpha value is -3.15. The molecule has 2 aromatic rings. The summed E-state index contributed by atoms with van der Waals surface area (Å²) in [6, 6.07) is 11.3. The molecule has 6 heteroatoms. The van der Waals surface area contributed by atoms with Crippen molar-refractivity contribution in [2.45, 2.75) is 0 Å². The maximum absolute atomic E-state index is 13.4. The van der Waals surface area contributed by atoms with Crippen molar-refractivity contribution in [3.63, 3.8) is 0 Å². The number of ether oxygens (including phenoxy) is 2. The molecule has 1 amide bonds. The fraction of sp³-hybridized carbons (Fsp3) is 0.111. The largest absolute Gasteiger partial charge is 0.497 e. The van der Waals surface area contributed by atoms with E-state index >= 15 is 0 Å². The van der Waals surface area contributed by atoms with Crippen LogP contribution >= 0.6 is 0 Å². The molecule has 0 unspecified atom stereocenters. The summed E-state index contributed by atoms with van der Waals surface area (Å²) >= 11 is 0. The molecule has 24 heavy (non-hydrogen) atoms. The fourth-order valence-corrected chi connectivity index (χ4v) is 2.34. The van der Waals surface area contributed by atoms with Gasteiger partial charge in [-0.3, -0.25) is 4.79 Å². The van der Waals surface area contributed by atoms with E-state index in [2.05, 4.69) is 10.3 Å². The second kappa shape index (κ2) is 6.54. The molecule has 1 N–H and O–H groups in total. The molecular weight excluding hydrogens is 311 g/mol. The highest BCUT2D eigenvalue weighted by molar-refractivity contribution is 6.19. The molecule has 0 aromatic heterocycles. The molecule has 0 radical (unpaired) electrons. The highest BCUT2D eigenvalue weighted by Crippen LogP contribution is 2.24. The molecule has 0 spiro atoms. The summed E-state index contributed by atoms with van der Waals surface area (Å²) in [5.41, 5.74) is 1.34. The first-order valence-electron chi connectivity index (χ1n) is 7.20. The lowest BCUT2D eigenvalue weighted by Crippen LogP contribution is -2.24. The van der Waals surface area contributed by atoms with Gasteiger partial charge in [0.2, 0.25) is 0 Å². The molecule has 122 valence electrons. The van der Waals surface area contributed by atoms with Crippen molar-refractivity contribution in [1.29, 1.82) is 0 Å². The second-order valence-electron chi connectivity index (χ2n) is 5.06. The average molecular weight is 326 g/mol. The van der Waals surface area contributed by atoms with Crippen LogP contribution in [0.4, 0.5) is 4.39 Å². The number of nitrogens with one attached hydrogen (secondary N) is 1. The number of halogens is 1. The SMILES string of the molecule is COc1cccc(C2=N/C(=C/c3cc(F)ccc3OC)C(=O)N2)c1. The molecule has 0 fully saturated rings. The maximum atomic E-state index is 13.4. The van der Waals surface area contributed by atoms with Crippen LogP contribution in [0.3, 0.4) is 0 Å². The number of hydrogen-bond acceptors (Lipinski definition) is 4. The number of amidine groups is 1. The molecule has 0 saturated heterocycles. The Kier molecular flexibility index (Phi) is 4.29. The molecule has 0 aliphatic carbocycles. The summed E-state index contributed by atoms with van der Waals surface area (Å²) in [6.07, 6.45) is 1.49. The molecule has 0 saturated carbocycles. The Bertz CT molecular complexity index is 859. The van der Waals surface area contributed by atoms with Crippen LogP contribution in [-0.4, -0.2) is 26.0 Å². The minimum atomic E-state index is -0.418. The van der Waals surface area contributed by atoms with Crippen LogP contribution < -0.4 is 14.8 Å². The van der Waals surface area contributed by atoms with E-state index in [1.807, 2.05) is 6.07 Å². The van der Waals surface area contributed by atoms with Crippen LogP contribution in [0.25, 0.3) is 6.08 Å². The number of nitrogens with zero attached hydrogens (tertiary/aromatic N) is 1. The lowest BCUT2D eigenvalue weighted by atomic mass is 10.1. The van der Waals surface area contributed by atoms with E-state index < -0.39 is 5.82 Å². The molecule has 1 heterocycles. The molecule has 5 nitrogen and oxygen atoms in total. The number of benzene rings is 2. The zero-order valence-corrected chi connectivity index (χ0v) is 13.2. The fourth-order valence-electron chi connectivity index (χ4n) is 2.34. The zero-order valence-electron chi connectivity index (χ0n) is 13.2. The molecular formula is C18H15FN2O3. The molecule has 0 bridgehead atoms. The molecule has 3 rings (SSSR count). The maximum Gasteiger partial charge on any atom is 0.275 e. The average Bonchev–Trinajstić information content (AvgIpc) is 2.96. The van der Waals surface area contributed by atoms with Gasteiger partial charge in [0.15, 0.2) is 0 Å². The number of carbonyl (C=O) groups excluding carboxylic acids is 1. The van der Waals surface area contributed by atoms with Crippen LogP contribution in [0.5, 0.6) is 11.5 Å². The van der Waals surface area contributed by atoms with E-state index in [0.29, 0.717) is 22.9 Å². The van der Waals surface area contributed by atoms with E-state index in [1.54, 1.807) is 25.3 Å². The molecule has 0 atom stereocenters. The monoisotopic (exact) mass is 326 g/mol. The van der Waals surface area contributed by atoms with E-state index in [1.165, 1.54) is 31.4 Å². The summed E-state index contributed by atoms with van der Waals surface area (Å²) in [4.78, 5) is 16.4. The Morgan fingerprint density at radius 1 is 1.12 bits per heavy atom. The topological polar surface area (TPSA) is 59.9 Å². The normalized spacial score (nSPS) is 15.2. The number of rotatable bonds is 4. The summed E-state index contributed by atoms with van der Waals surface area (Å²) < 4.78 is 23.8. The third-order valence-corrected chi connectivity index (χ3v) is 3.52. The standard InChI is InChI=1S/C18H15FN2O3/c1-23-14-5-3-4-11(9-14)17-20-15(18(22)21-17)10-12-8-13(19)6-7-16(12)24-2/h3-10H,1-2H3,(H,20,21,22)/b15-10+. The van der Waals surface area contributed by atoms with Crippen molar-refractivity contribution >= 4 is 17.8 Å². The van der Waals surface area contributed by atoms with E-state index in [-0.39, 0.29) is 11.6 Å². The van der Waals surface area contributed by atoms with Crippen LogP contribution in [0.2, 0.25) is 0 Å². The van der Waals surface area contributed by atoms with Gasteiger partial charge in [0.1, 0.15) is 28.8 Å². The first kappa shape index (κ1) is 15.7. The Morgan fingerprint density at radius 3 is 2.71 bits per heavy atom. The third kappa shape index (κ3) is 3.12. The third-order valence-electron chi connectivity index (χ3n) is 3.52. The van der Waals surface area contributed by atoms with Crippen molar-refractivity contribution in [2.24, 2.45) is 4.99 Å². The van der Waals surface area contributed by atoms with Crippen LogP contribution in [-0.2, 0) is 4.79 Å². The zero-order chi connectivity index (χ0) is 17.1. The summed E-state index contributed by atoms with van der Waals surface area (Å²) in [5.74, 6) is 0.758. The van der Waals surface area contributed by atoms with Gasteiger partial charge in [-0.25, -0.2) is 9.38 Å². The highest BCUT2D eigenvalue weighted by atomic mass is 19.1. The second-order valence-corrected chi connectivity index (χ2v) is 5.06. The minimum Gasteiger partial charge on any atom is -0.497 e. The first-order chi connectivity index (χ1) is 11.6. The quantitative estimate of drug-likeness (QED) is 0.879. The van der Waals surface area contributed by atoms with Crippen molar-refractivity contribution in [2.75, 3.05) is 14.2 Å². The minimum absolute atomic E-state index is 0.178. The van der Waals surface area contributed by atoms with Gasteiger partial charge in [-0.1, -0.05) is 12.1 Å². The number of carbonyl (C=O) groups is 1. The summed E-state index contributed by atoms with van der Waals surface area (Å²) in [7, 11) is 3.05. The smallest absolute Gasteiger partial charge is 0.275 e. The Morgan fingerprint density at radius 2 is 1.96 bits per heavy atom. The van der Waals surface area contributed by atoms with Crippen molar-refractivity contribution < 1.29 is 18.7 Å². The lowest BCUT2D eigenvalue weighted by Gasteiger charge is -2.04. The molecule has 1 aliphatic heterocycles. The van der Waals surface area contributed by atoms with Crippen molar-refractivity contribution in [1.82, 2.24) is 5.32 Å². The van der Waals surface area contributed by atoms with Gasteiger partial charge in [0.25, 0.3) is 5.91 Å². The lowest BCUT2D eigenvalue weighted by molar-refractivity contribution is -0.115. The van der Waals surface area contributed by atoms with Gasteiger partial charge in [0.05, 0.1) is 14.2 Å². The molecule has 1 aliphatic rings. The van der Waals surface area contributed by atoms with Crippen LogP contribution in [0.15, 0.2) is 53.2 Å². The first-order valence-corrected chi connectivity index (χ1v) is 7.20. The number of hydrogen-bond donors (Lipinski definition) is 1. The predicted molar refractivity (Wildman–Crippen MR) is 88.6 cm³/mol. The summed E-state index contributed by atoms with van der Waals surface area (Å²) in [5, 5.41) is 2.70. The van der Waals surface area contributed by atoms with Gasteiger partial charge in [-0.05, 0) is 36.4 Å². The van der Waals surface area contributed by atoms with Gasteiger partial charge >= 0.3 is 0 Å². The van der Waals surface area contributed by atoms with Gasteiger partial charge in [-0.2, -0.15) is 0 Å². The summed E-state index contributed by atoms with van der Waals surface area (Å²) in [6.45, 7) is 0. The predicted octanol–water partition coefficient (Wildman–Crippen LogP) is 2.76. The number of amides is 1. The van der Waals surface area contributed by atoms with Crippen LogP contribution in [0, 0.1) is 5.82 Å². The Balaban J connectivity index is 1.98. The van der Waals surface area contributed by atoms with Crippen molar-refractivity contribution in [3.8, 4) is 11.5 Å². The van der Waals surface area contributed by atoms with E-state index in [4.69, 9.17) is 9.47 Å². The van der Waals surface area contributed by atoms with E-state index in [0.717, 1.165) is 5.56 Å².